The van der Waals surface area contributed by atoms with Gasteiger partial charge in [0.1, 0.15) is 6.54 Å². The second-order valence-electron chi connectivity index (χ2n) is 9.50. The highest BCUT2D eigenvalue weighted by Crippen LogP contribution is 2.41. The molecule has 0 bridgehead atoms. The number of anilines is 1. The monoisotopic (exact) mass is 499 g/mol. The van der Waals surface area contributed by atoms with Crippen LogP contribution in [-0.4, -0.2) is 6.54 Å². The zero-order valence-corrected chi connectivity index (χ0v) is 22.0. The van der Waals surface area contributed by atoms with E-state index in [9.17, 15) is 0 Å². The van der Waals surface area contributed by atoms with Crippen molar-refractivity contribution < 1.29 is 13.7 Å². The molecule has 4 heteroatoms. The van der Waals surface area contributed by atoms with Crippen molar-refractivity contribution in [3.63, 3.8) is 0 Å². The zero-order chi connectivity index (χ0) is 26.1. The van der Waals surface area contributed by atoms with Gasteiger partial charge in [-0.25, -0.2) is 0 Å². The maximum atomic E-state index is 6.30. The van der Waals surface area contributed by atoms with E-state index in [1.54, 1.807) is 0 Å². The van der Waals surface area contributed by atoms with Gasteiger partial charge >= 0.3 is 5.89 Å². The number of hydrogen-bond acceptors (Lipinski definition) is 3. The lowest BCUT2D eigenvalue weighted by Gasteiger charge is -2.16. The van der Waals surface area contributed by atoms with Gasteiger partial charge in [-0.3, -0.25) is 0 Å². The van der Waals surface area contributed by atoms with Gasteiger partial charge in [-0.1, -0.05) is 72.8 Å². The van der Waals surface area contributed by atoms with Crippen LogP contribution in [0.1, 0.15) is 26.7 Å². The highest BCUT2D eigenvalue weighted by molar-refractivity contribution is 5.79. The van der Waals surface area contributed by atoms with E-state index < -0.39 is 0 Å². The van der Waals surface area contributed by atoms with Crippen molar-refractivity contribution in [2.24, 2.45) is 0 Å². The molecular weight excluding hydrogens is 468 g/mol. The van der Waals surface area contributed by atoms with Crippen LogP contribution < -0.4 is 14.2 Å². The molecule has 4 aromatic carbocycles. The van der Waals surface area contributed by atoms with Gasteiger partial charge in [0.25, 0.3) is 5.52 Å². The summed E-state index contributed by atoms with van der Waals surface area (Å²) in [6.07, 6.45) is 4.18. The van der Waals surface area contributed by atoms with Gasteiger partial charge in [0.2, 0.25) is 11.5 Å². The topological polar surface area (TPSA) is 29.5 Å². The van der Waals surface area contributed by atoms with E-state index in [1.807, 2.05) is 12.1 Å². The summed E-state index contributed by atoms with van der Waals surface area (Å²) >= 11 is 0. The van der Waals surface area contributed by atoms with Gasteiger partial charge in [0, 0.05) is 18.7 Å². The van der Waals surface area contributed by atoms with Crippen LogP contribution in [0.15, 0.2) is 119 Å². The molecule has 0 radical (unpaired) electrons. The smallest absolute Gasteiger partial charge is 0.374 e. The standard InChI is InChI=1S/C34H31N2O2/c1-4-35-29-22-27(25-12-8-6-9-13-25)16-18-31(29)37-33(35)20-24(3)21-34-36(5-2)30-23-28(17-19-32(30)38-34)26-14-10-7-11-15-26/h6-23H,4-5H2,1-3H3/q+1. The SMILES string of the molecule is CCN1/C(=C/C(C)=C/c2oc3ccc(-c4ccccc4)cc3[n+]2CC)Oc2ccc(-c3ccccc3)cc21. The first-order valence-electron chi connectivity index (χ1n) is 13.2. The predicted octanol–water partition coefficient (Wildman–Crippen LogP) is 8.24. The van der Waals surface area contributed by atoms with E-state index in [4.69, 9.17) is 9.15 Å². The maximum Gasteiger partial charge on any atom is 0.374 e. The number of ether oxygens (including phenoxy) is 1. The Morgan fingerprint density at radius 1 is 0.789 bits per heavy atom. The number of allylic oxidation sites excluding steroid dienone is 2. The normalized spacial score (nSPS) is 14.2. The molecule has 0 amide bonds. The quantitative estimate of drug-likeness (QED) is 0.220. The van der Waals surface area contributed by atoms with Gasteiger partial charge in [-0.2, -0.15) is 4.57 Å². The first-order valence-corrected chi connectivity index (χ1v) is 13.2. The van der Waals surface area contributed by atoms with E-state index in [2.05, 4.69) is 127 Å². The molecule has 0 N–H and O–H groups in total. The molecule has 6 rings (SSSR count). The second-order valence-corrected chi connectivity index (χ2v) is 9.50. The molecule has 2 heterocycles. The van der Waals surface area contributed by atoms with Crippen molar-refractivity contribution in [2.75, 3.05) is 11.4 Å². The summed E-state index contributed by atoms with van der Waals surface area (Å²) in [4.78, 5) is 2.22. The molecule has 0 fully saturated rings. The number of fused-ring (bicyclic) bond motifs is 2. The van der Waals surface area contributed by atoms with Crippen molar-refractivity contribution in [2.45, 2.75) is 27.3 Å². The number of aromatic nitrogens is 1. The second kappa shape index (κ2) is 10.1. The number of oxazole rings is 1. The largest absolute Gasteiger partial charge is 0.439 e. The third-order valence-corrected chi connectivity index (χ3v) is 7.01. The Morgan fingerprint density at radius 2 is 1.45 bits per heavy atom. The number of rotatable bonds is 6. The summed E-state index contributed by atoms with van der Waals surface area (Å²) in [7, 11) is 0. The van der Waals surface area contributed by atoms with Crippen LogP contribution in [0, 0.1) is 0 Å². The molecule has 0 atom stereocenters. The first-order chi connectivity index (χ1) is 18.6. The summed E-state index contributed by atoms with van der Waals surface area (Å²) in [5, 5.41) is 0. The average Bonchev–Trinajstić information content (AvgIpc) is 3.49. The molecule has 5 aromatic rings. The summed E-state index contributed by atoms with van der Waals surface area (Å²) in [6.45, 7) is 8.01. The summed E-state index contributed by atoms with van der Waals surface area (Å²) in [5.74, 6) is 2.53. The lowest BCUT2D eigenvalue weighted by molar-refractivity contribution is -0.674. The van der Waals surface area contributed by atoms with Gasteiger partial charge in [0.05, 0.1) is 11.8 Å². The molecule has 188 valence electrons. The van der Waals surface area contributed by atoms with Gasteiger partial charge < -0.3 is 14.1 Å². The molecule has 0 unspecified atom stereocenters. The molecule has 38 heavy (non-hydrogen) atoms. The summed E-state index contributed by atoms with van der Waals surface area (Å²) in [5.41, 5.74) is 8.88. The lowest BCUT2D eigenvalue weighted by Crippen LogP contribution is -2.33. The van der Waals surface area contributed by atoms with Crippen LogP contribution >= 0.6 is 0 Å². The van der Waals surface area contributed by atoms with Crippen molar-refractivity contribution in [3.05, 3.63) is 120 Å². The maximum absolute atomic E-state index is 6.30. The minimum Gasteiger partial charge on any atom is -0.439 e. The fourth-order valence-corrected chi connectivity index (χ4v) is 5.12. The Labute approximate surface area is 223 Å². The number of aryl methyl sites for hydroxylation is 1. The Kier molecular flexibility index (Phi) is 6.30. The lowest BCUT2D eigenvalue weighted by atomic mass is 10.0. The Bertz CT molecular complexity index is 1660. The third kappa shape index (κ3) is 4.39. The van der Waals surface area contributed by atoms with Crippen LogP contribution in [0.4, 0.5) is 5.69 Å². The minimum absolute atomic E-state index is 0.812. The van der Waals surface area contributed by atoms with E-state index in [0.29, 0.717) is 0 Å². The van der Waals surface area contributed by atoms with E-state index in [-0.39, 0.29) is 0 Å². The highest BCUT2D eigenvalue weighted by Gasteiger charge is 2.26. The molecule has 1 aromatic heterocycles. The Balaban J connectivity index is 1.33. The average molecular weight is 500 g/mol. The molecule has 0 saturated carbocycles. The summed E-state index contributed by atoms with van der Waals surface area (Å²) in [6, 6.07) is 33.7. The molecule has 0 aliphatic carbocycles. The highest BCUT2D eigenvalue weighted by atomic mass is 16.5. The van der Waals surface area contributed by atoms with Crippen LogP contribution in [0.2, 0.25) is 0 Å². The Morgan fingerprint density at radius 3 is 2.11 bits per heavy atom. The predicted molar refractivity (Wildman–Crippen MR) is 155 cm³/mol. The molecule has 1 aliphatic heterocycles. The van der Waals surface area contributed by atoms with Crippen LogP contribution in [-0.2, 0) is 6.54 Å². The molecule has 0 spiro atoms. The first kappa shape index (κ1) is 23.8. The van der Waals surface area contributed by atoms with Crippen molar-refractivity contribution >= 4 is 22.9 Å². The van der Waals surface area contributed by atoms with Crippen LogP contribution in [0.5, 0.6) is 5.75 Å². The molecule has 1 aliphatic rings. The fraction of sp³-hybridized carbons (Fsp3) is 0.147. The third-order valence-electron chi connectivity index (χ3n) is 7.01. The molecule has 4 nitrogen and oxygen atoms in total. The van der Waals surface area contributed by atoms with E-state index in [1.165, 1.54) is 22.3 Å². The van der Waals surface area contributed by atoms with Gasteiger partial charge in [-0.15, -0.1) is 0 Å². The number of nitrogens with zero attached hydrogens (tertiary/aromatic N) is 2. The molecular formula is C34H31N2O2+. The van der Waals surface area contributed by atoms with E-state index >= 15 is 0 Å². The zero-order valence-electron chi connectivity index (χ0n) is 22.0. The number of benzene rings is 4. The Hall–Kier alpha value is -4.57. The van der Waals surface area contributed by atoms with E-state index in [0.717, 1.165) is 53.0 Å². The van der Waals surface area contributed by atoms with Crippen molar-refractivity contribution in [1.29, 1.82) is 0 Å². The number of hydrogen-bond donors (Lipinski definition) is 0. The fourth-order valence-electron chi connectivity index (χ4n) is 5.12. The van der Waals surface area contributed by atoms with Crippen LogP contribution in [0.25, 0.3) is 39.4 Å². The van der Waals surface area contributed by atoms with Crippen molar-refractivity contribution in [3.8, 4) is 28.0 Å². The van der Waals surface area contributed by atoms with Gasteiger partial charge in [-0.05, 0) is 66.8 Å². The van der Waals surface area contributed by atoms with Crippen LogP contribution in [0.3, 0.4) is 0 Å². The van der Waals surface area contributed by atoms with Crippen molar-refractivity contribution in [1.82, 2.24) is 0 Å². The molecule has 0 saturated heterocycles. The summed E-state index contributed by atoms with van der Waals surface area (Å²) < 4.78 is 14.8. The minimum atomic E-state index is 0.812. The van der Waals surface area contributed by atoms with Gasteiger partial charge in [0.15, 0.2) is 5.75 Å².